The Kier molecular flexibility index (Phi) is 5.89. The lowest BCUT2D eigenvalue weighted by molar-refractivity contribution is 0.232. The number of nitrogens with one attached hydrogen (secondary N) is 2. The molecule has 0 aliphatic carbocycles. The molecule has 0 saturated carbocycles. The maximum Gasteiger partial charge on any atom is 0.315 e. The normalized spacial score (nSPS) is 12.2. The van der Waals surface area contributed by atoms with Crippen LogP contribution in [0.4, 0.5) is 4.79 Å². The van der Waals surface area contributed by atoms with E-state index in [9.17, 15) is 4.79 Å². The van der Waals surface area contributed by atoms with E-state index in [2.05, 4.69) is 26.0 Å². The lowest BCUT2D eigenvalue weighted by atomic mass is 10.1. The van der Waals surface area contributed by atoms with Crippen molar-refractivity contribution in [1.29, 1.82) is 0 Å². The molecule has 23 heavy (non-hydrogen) atoms. The fourth-order valence-corrected chi connectivity index (χ4v) is 2.18. The maximum atomic E-state index is 12.1. The molecule has 2 amide bonds. The fourth-order valence-electron chi connectivity index (χ4n) is 2.06. The van der Waals surface area contributed by atoms with Gasteiger partial charge in [-0.2, -0.15) is 4.80 Å². The monoisotopic (exact) mass is 337 g/mol. The van der Waals surface area contributed by atoms with E-state index in [-0.39, 0.29) is 18.6 Å². The van der Waals surface area contributed by atoms with E-state index in [4.69, 9.17) is 11.6 Å². The van der Waals surface area contributed by atoms with Crippen molar-refractivity contribution in [2.75, 3.05) is 20.6 Å². The third-order valence-corrected chi connectivity index (χ3v) is 3.33. The molecule has 0 radical (unpaired) electrons. The molecular formula is C14H20ClN7O. The van der Waals surface area contributed by atoms with Crippen LogP contribution in [0.5, 0.6) is 0 Å². The zero-order valence-electron chi connectivity index (χ0n) is 13.3. The van der Waals surface area contributed by atoms with Crippen molar-refractivity contribution in [2.24, 2.45) is 7.05 Å². The van der Waals surface area contributed by atoms with Gasteiger partial charge in [-0.25, -0.2) is 4.79 Å². The molecule has 2 aromatic rings. The summed E-state index contributed by atoms with van der Waals surface area (Å²) in [4.78, 5) is 15.5. The molecule has 0 fully saturated rings. The SMILES string of the molecule is CN(C)C[C@H](NC(=O)NCc1nnn(C)n1)c1ccc(Cl)cc1. The van der Waals surface area contributed by atoms with Crippen molar-refractivity contribution < 1.29 is 4.79 Å². The Balaban J connectivity index is 1.96. The van der Waals surface area contributed by atoms with Crippen LogP contribution >= 0.6 is 11.6 Å². The van der Waals surface area contributed by atoms with E-state index in [1.165, 1.54) is 4.80 Å². The number of carbonyl (C=O) groups excluding carboxylic acids is 1. The van der Waals surface area contributed by atoms with Crippen LogP contribution in [-0.4, -0.2) is 51.8 Å². The number of hydrogen-bond acceptors (Lipinski definition) is 5. The molecular weight excluding hydrogens is 318 g/mol. The number of likely N-dealkylation sites (N-methyl/N-ethyl adjacent to an activating group) is 1. The first kappa shape index (κ1) is 17.2. The third kappa shape index (κ3) is 5.50. The molecule has 8 nitrogen and oxygen atoms in total. The molecule has 9 heteroatoms. The lowest BCUT2D eigenvalue weighted by Gasteiger charge is -2.23. The minimum Gasteiger partial charge on any atom is -0.331 e. The van der Waals surface area contributed by atoms with E-state index < -0.39 is 0 Å². The van der Waals surface area contributed by atoms with Gasteiger partial charge in [-0.3, -0.25) is 0 Å². The first-order chi connectivity index (χ1) is 10.9. The molecule has 2 rings (SSSR count). The van der Waals surface area contributed by atoms with Crippen LogP contribution in [0.15, 0.2) is 24.3 Å². The second-order valence-electron chi connectivity index (χ2n) is 5.39. The minimum absolute atomic E-state index is 0.155. The molecule has 0 aliphatic heterocycles. The molecule has 0 spiro atoms. The fraction of sp³-hybridized carbons (Fsp3) is 0.429. The summed E-state index contributed by atoms with van der Waals surface area (Å²) in [6.07, 6.45) is 0. The van der Waals surface area contributed by atoms with Gasteiger partial charge < -0.3 is 15.5 Å². The number of rotatable bonds is 6. The van der Waals surface area contributed by atoms with Gasteiger partial charge in [0.1, 0.15) is 0 Å². The van der Waals surface area contributed by atoms with E-state index in [1.807, 2.05) is 43.3 Å². The van der Waals surface area contributed by atoms with Crippen LogP contribution in [0.1, 0.15) is 17.4 Å². The predicted molar refractivity (Wildman–Crippen MR) is 86.9 cm³/mol. The molecule has 1 aromatic carbocycles. The number of aromatic nitrogens is 4. The van der Waals surface area contributed by atoms with Gasteiger partial charge in [0.25, 0.3) is 0 Å². The summed E-state index contributed by atoms with van der Waals surface area (Å²) in [5, 5.41) is 17.9. The van der Waals surface area contributed by atoms with Crippen LogP contribution < -0.4 is 10.6 Å². The molecule has 1 aromatic heterocycles. The summed E-state index contributed by atoms with van der Waals surface area (Å²) in [5.74, 6) is 0.457. The van der Waals surface area contributed by atoms with Crippen molar-refractivity contribution in [2.45, 2.75) is 12.6 Å². The molecule has 0 saturated heterocycles. The summed E-state index contributed by atoms with van der Waals surface area (Å²) in [7, 11) is 5.57. The van der Waals surface area contributed by atoms with Gasteiger partial charge in [0.15, 0.2) is 5.82 Å². The number of nitrogens with zero attached hydrogens (tertiary/aromatic N) is 5. The second-order valence-corrected chi connectivity index (χ2v) is 5.82. The van der Waals surface area contributed by atoms with E-state index in [1.54, 1.807) is 7.05 Å². The highest BCUT2D eigenvalue weighted by Crippen LogP contribution is 2.17. The molecule has 0 aliphatic rings. The van der Waals surface area contributed by atoms with Crippen molar-refractivity contribution in [3.8, 4) is 0 Å². The Morgan fingerprint density at radius 3 is 2.61 bits per heavy atom. The number of hydrogen-bond donors (Lipinski definition) is 2. The lowest BCUT2D eigenvalue weighted by Crippen LogP contribution is -2.41. The van der Waals surface area contributed by atoms with Gasteiger partial charge in [-0.1, -0.05) is 23.7 Å². The minimum atomic E-state index is -0.292. The highest BCUT2D eigenvalue weighted by atomic mass is 35.5. The molecule has 0 bridgehead atoms. The number of amides is 2. The summed E-state index contributed by atoms with van der Waals surface area (Å²) in [5.41, 5.74) is 0.982. The van der Waals surface area contributed by atoms with Crippen LogP contribution in [0.3, 0.4) is 0 Å². The number of urea groups is 1. The number of tetrazole rings is 1. The van der Waals surface area contributed by atoms with E-state index in [0.717, 1.165) is 5.56 Å². The quantitative estimate of drug-likeness (QED) is 0.820. The van der Waals surface area contributed by atoms with E-state index in [0.29, 0.717) is 17.4 Å². The van der Waals surface area contributed by atoms with Crippen LogP contribution in [0.2, 0.25) is 5.02 Å². The largest absolute Gasteiger partial charge is 0.331 e. The molecule has 2 N–H and O–H groups in total. The number of benzene rings is 1. The van der Waals surface area contributed by atoms with Crippen molar-refractivity contribution in [3.63, 3.8) is 0 Å². The van der Waals surface area contributed by atoms with Crippen molar-refractivity contribution in [3.05, 3.63) is 40.7 Å². The molecule has 1 atom stereocenters. The maximum absolute atomic E-state index is 12.1. The van der Waals surface area contributed by atoms with Crippen LogP contribution in [0.25, 0.3) is 0 Å². The molecule has 124 valence electrons. The Bertz CT molecular complexity index is 641. The Labute approximate surface area is 139 Å². The Morgan fingerprint density at radius 1 is 1.35 bits per heavy atom. The number of aryl methyl sites for hydroxylation is 1. The van der Waals surface area contributed by atoms with Gasteiger partial charge >= 0.3 is 6.03 Å². The van der Waals surface area contributed by atoms with Gasteiger partial charge in [-0.05, 0) is 37.0 Å². The average molecular weight is 338 g/mol. The van der Waals surface area contributed by atoms with Crippen LogP contribution in [0, 0.1) is 0 Å². The standard InChI is InChI=1S/C14H20ClN7O/c1-21(2)9-12(10-4-6-11(15)7-5-10)17-14(23)16-8-13-18-20-22(3)19-13/h4-7,12H,8-9H2,1-3H3,(H2,16,17,23)/t12-/m0/s1. The highest BCUT2D eigenvalue weighted by Gasteiger charge is 2.16. The zero-order chi connectivity index (χ0) is 16.8. The Morgan fingerprint density at radius 2 is 2.04 bits per heavy atom. The van der Waals surface area contributed by atoms with E-state index >= 15 is 0 Å². The van der Waals surface area contributed by atoms with Gasteiger partial charge in [-0.15, -0.1) is 10.2 Å². The zero-order valence-corrected chi connectivity index (χ0v) is 14.1. The number of carbonyl (C=O) groups is 1. The van der Waals surface area contributed by atoms with Gasteiger partial charge in [0, 0.05) is 11.6 Å². The number of halogens is 1. The van der Waals surface area contributed by atoms with Crippen LogP contribution in [-0.2, 0) is 13.6 Å². The second kappa shape index (κ2) is 7.89. The van der Waals surface area contributed by atoms with Crippen molar-refractivity contribution >= 4 is 17.6 Å². The van der Waals surface area contributed by atoms with Gasteiger partial charge in [0.2, 0.25) is 0 Å². The predicted octanol–water partition coefficient (Wildman–Crippen LogP) is 0.966. The summed E-state index contributed by atoms with van der Waals surface area (Å²) >= 11 is 5.92. The average Bonchev–Trinajstić information content (AvgIpc) is 2.90. The third-order valence-electron chi connectivity index (χ3n) is 3.08. The molecule has 1 heterocycles. The molecule has 0 unspecified atom stereocenters. The highest BCUT2D eigenvalue weighted by molar-refractivity contribution is 6.30. The first-order valence-corrected chi connectivity index (χ1v) is 7.49. The Hall–Kier alpha value is -2.19. The topological polar surface area (TPSA) is 88.0 Å². The summed E-state index contributed by atoms with van der Waals surface area (Å²) in [6, 6.07) is 6.98. The van der Waals surface area contributed by atoms with Gasteiger partial charge in [0.05, 0.1) is 19.6 Å². The smallest absolute Gasteiger partial charge is 0.315 e. The summed E-state index contributed by atoms with van der Waals surface area (Å²) in [6.45, 7) is 0.882. The summed E-state index contributed by atoms with van der Waals surface area (Å²) < 4.78 is 0. The first-order valence-electron chi connectivity index (χ1n) is 7.11. The van der Waals surface area contributed by atoms with Crippen molar-refractivity contribution in [1.82, 2.24) is 35.7 Å².